The van der Waals surface area contributed by atoms with Gasteiger partial charge in [0.15, 0.2) is 0 Å². The summed E-state index contributed by atoms with van der Waals surface area (Å²) in [5.41, 5.74) is 0. The maximum atomic E-state index is 5.18. The molecule has 0 amide bonds. The van der Waals surface area contributed by atoms with Crippen LogP contribution in [0.2, 0.25) is 0 Å². The van der Waals surface area contributed by atoms with Crippen LogP contribution in [0.4, 0.5) is 0 Å². The minimum Gasteiger partial charge on any atom is -0.304 e. The van der Waals surface area contributed by atoms with E-state index in [9.17, 15) is 0 Å². The van der Waals surface area contributed by atoms with Crippen LogP contribution in [0.5, 0.6) is 0 Å². The van der Waals surface area contributed by atoms with E-state index >= 15 is 0 Å². The standard InChI is InChI=1S/C9H17N/c1-5-9(4)10-7-6-8(2)3/h1,8-10H,6-7H2,2-4H3. The maximum Gasteiger partial charge on any atom is 0.0658 e. The summed E-state index contributed by atoms with van der Waals surface area (Å²) in [6.07, 6.45) is 6.38. The third-order valence-electron chi connectivity index (χ3n) is 1.42. The van der Waals surface area contributed by atoms with Crippen LogP contribution >= 0.6 is 0 Å². The molecule has 0 aromatic rings. The molecule has 0 spiro atoms. The second-order valence-electron chi connectivity index (χ2n) is 3.03. The number of nitrogens with one attached hydrogen (secondary N) is 1. The van der Waals surface area contributed by atoms with Gasteiger partial charge >= 0.3 is 0 Å². The molecule has 0 aliphatic heterocycles. The molecule has 58 valence electrons. The lowest BCUT2D eigenvalue weighted by atomic mass is 10.1. The summed E-state index contributed by atoms with van der Waals surface area (Å²) in [4.78, 5) is 0. The topological polar surface area (TPSA) is 12.0 Å². The molecule has 1 heteroatoms. The zero-order chi connectivity index (χ0) is 7.98. The fourth-order valence-electron chi connectivity index (χ4n) is 0.647. The van der Waals surface area contributed by atoms with Crippen LogP contribution in [0, 0.1) is 18.3 Å². The second kappa shape index (κ2) is 5.32. The van der Waals surface area contributed by atoms with Crippen molar-refractivity contribution < 1.29 is 0 Å². The molecule has 0 aromatic heterocycles. The van der Waals surface area contributed by atoms with Crippen LogP contribution in [0.3, 0.4) is 0 Å². The first-order valence-electron chi connectivity index (χ1n) is 3.86. The SMILES string of the molecule is C#CC(C)NCCC(C)C. The number of hydrogen-bond donors (Lipinski definition) is 1. The van der Waals surface area contributed by atoms with Crippen molar-refractivity contribution in [3.8, 4) is 12.3 Å². The molecule has 0 aliphatic carbocycles. The Kier molecular flexibility index (Phi) is 5.06. The summed E-state index contributed by atoms with van der Waals surface area (Å²) in [7, 11) is 0. The van der Waals surface area contributed by atoms with Gasteiger partial charge in [-0.25, -0.2) is 0 Å². The van der Waals surface area contributed by atoms with E-state index in [-0.39, 0.29) is 6.04 Å². The maximum absolute atomic E-state index is 5.18. The number of rotatable bonds is 4. The Morgan fingerprint density at radius 2 is 2.00 bits per heavy atom. The molecular weight excluding hydrogens is 122 g/mol. The molecule has 0 fully saturated rings. The monoisotopic (exact) mass is 139 g/mol. The minimum absolute atomic E-state index is 0.221. The van der Waals surface area contributed by atoms with Crippen LogP contribution in [-0.2, 0) is 0 Å². The molecule has 1 N–H and O–H groups in total. The van der Waals surface area contributed by atoms with Crippen molar-refractivity contribution in [3.05, 3.63) is 0 Å². The average Bonchev–Trinajstić information content (AvgIpc) is 1.87. The van der Waals surface area contributed by atoms with Crippen molar-refractivity contribution in [3.63, 3.8) is 0 Å². The zero-order valence-corrected chi connectivity index (χ0v) is 7.15. The number of hydrogen-bond acceptors (Lipinski definition) is 1. The number of terminal acetylenes is 1. The summed E-state index contributed by atoms with van der Waals surface area (Å²) in [6.45, 7) is 7.45. The van der Waals surface area contributed by atoms with Crippen LogP contribution < -0.4 is 5.32 Å². The molecule has 1 unspecified atom stereocenters. The quantitative estimate of drug-likeness (QED) is 0.584. The third-order valence-corrected chi connectivity index (χ3v) is 1.42. The Morgan fingerprint density at radius 3 is 2.40 bits per heavy atom. The Labute approximate surface area is 64.2 Å². The molecule has 0 rings (SSSR count). The Hall–Kier alpha value is -0.480. The van der Waals surface area contributed by atoms with Gasteiger partial charge in [0.2, 0.25) is 0 Å². The van der Waals surface area contributed by atoms with Crippen molar-refractivity contribution in [2.75, 3.05) is 6.54 Å². The van der Waals surface area contributed by atoms with Gasteiger partial charge in [-0.15, -0.1) is 6.42 Å². The van der Waals surface area contributed by atoms with Gasteiger partial charge in [0.25, 0.3) is 0 Å². The normalized spacial score (nSPS) is 13.1. The molecule has 0 heterocycles. The zero-order valence-electron chi connectivity index (χ0n) is 7.15. The highest BCUT2D eigenvalue weighted by molar-refractivity contribution is 4.95. The first-order chi connectivity index (χ1) is 4.66. The van der Waals surface area contributed by atoms with Gasteiger partial charge in [-0.05, 0) is 25.8 Å². The van der Waals surface area contributed by atoms with Crippen LogP contribution in [0.25, 0.3) is 0 Å². The van der Waals surface area contributed by atoms with Gasteiger partial charge < -0.3 is 5.32 Å². The highest BCUT2D eigenvalue weighted by Gasteiger charge is 1.95. The van der Waals surface area contributed by atoms with E-state index in [1.165, 1.54) is 6.42 Å². The fraction of sp³-hybridized carbons (Fsp3) is 0.778. The lowest BCUT2D eigenvalue weighted by molar-refractivity contribution is 0.525. The first kappa shape index (κ1) is 9.52. The molecule has 0 aromatic carbocycles. The van der Waals surface area contributed by atoms with Gasteiger partial charge in [0, 0.05) is 0 Å². The van der Waals surface area contributed by atoms with Gasteiger partial charge in [-0.2, -0.15) is 0 Å². The summed E-state index contributed by atoms with van der Waals surface area (Å²) in [5, 5.41) is 3.23. The summed E-state index contributed by atoms with van der Waals surface area (Å²) < 4.78 is 0. The molecule has 1 nitrogen and oxygen atoms in total. The van der Waals surface area contributed by atoms with E-state index in [4.69, 9.17) is 6.42 Å². The van der Waals surface area contributed by atoms with Crippen molar-refractivity contribution in [2.24, 2.45) is 5.92 Å². The molecule has 1 atom stereocenters. The largest absolute Gasteiger partial charge is 0.304 e. The lowest BCUT2D eigenvalue weighted by Gasteiger charge is -2.08. The second-order valence-corrected chi connectivity index (χ2v) is 3.03. The van der Waals surface area contributed by atoms with E-state index < -0.39 is 0 Å². The van der Waals surface area contributed by atoms with E-state index in [2.05, 4.69) is 25.1 Å². The Morgan fingerprint density at radius 1 is 1.40 bits per heavy atom. The van der Waals surface area contributed by atoms with Crippen molar-refractivity contribution >= 4 is 0 Å². The predicted molar refractivity (Wildman–Crippen MR) is 45.8 cm³/mol. The van der Waals surface area contributed by atoms with Crippen LogP contribution in [0.15, 0.2) is 0 Å². The van der Waals surface area contributed by atoms with E-state index in [1.807, 2.05) is 6.92 Å². The average molecular weight is 139 g/mol. The molecule has 0 aliphatic rings. The highest BCUT2D eigenvalue weighted by atomic mass is 14.9. The summed E-state index contributed by atoms with van der Waals surface area (Å²) in [6, 6.07) is 0.221. The molecule has 10 heavy (non-hydrogen) atoms. The van der Waals surface area contributed by atoms with E-state index in [0.717, 1.165) is 12.5 Å². The van der Waals surface area contributed by atoms with E-state index in [0.29, 0.717) is 0 Å². The fourth-order valence-corrected chi connectivity index (χ4v) is 0.647. The van der Waals surface area contributed by atoms with E-state index in [1.54, 1.807) is 0 Å². The predicted octanol–water partition coefficient (Wildman–Crippen LogP) is 1.64. The van der Waals surface area contributed by atoms with Crippen molar-refractivity contribution in [1.29, 1.82) is 0 Å². The van der Waals surface area contributed by atoms with Gasteiger partial charge in [0.1, 0.15) is 0 Å². The Bertz CT molecular complexity index is 110. The van der Waals surface area contributed by atoms with Crippen molar-refractivity contribution in [1.82, 2.24) is 5.32 Å². The molecule has 0 bridgehead atoms. The van der Waals surface area contributed by atoms with Crippen molar-refractivity contribution in [2.45, 2.75) is 33.2 Å². The van der Waals surface area contributed by atoms with Gasteiger partial charge in [-0.1, -0.05) is 19.8 Å². The Balaban J connectivity index is 3.13. The lowest BCUT2D eigenvalue weighted by Crippen LogP contribution is -2.25. The molecule has 0 saturated heterocycles. The molecular formula is C9H17N. The van der Waals surface area contributed by atoms with Gasteiger partial charge in [-0.3, -0.25) is 0 Å². The first-order valence-corrected chi connectivity index (χ1v) is 3.86. The smallest absolute Gasteiger partial charge is 0.0658 e. The summed E-state index contributed by atoms with van der Waals surface area (Å²) in [5.74, 6) is 3.39. The highest BCUT2D eigenvalue weighted by Crippen LogP contribution is 1.96. The third kappa shape index (κ3) is 5.65. The summed E-state index contributed by atoms with van der Waals surface area (Å²) >= 11 is 0. The molecule has 0 saturated carbocycles. The van der Waals surface area contributed by atoms with Gasteiger partial charge in [0.05, 0.1) is 6.04 Å². The van der Waals surface area contributed by atoms with Crippen LogP contribution in [0.1, 0.15) is 27.2 Å². The minimum atomic E-state index is 0.221. The van der Waals surface area contributed by atoms with Crippen LogP contribution in [-0.4, -0.2) is 12.6 Å². The molecule has 0 radical (unpaired) electrons.